The van der Waals surface area contributed by atoms with Crippen LogP contribution >= 0.6 is 0 Å². The van der Waals surface area contributed by atoms with Crippen LogP contribution in [0.2, 0.25) is 0 Å². The van der Waals surface area contributed by atoms with Gasteiger partial charge in [0.2, 0.25) is 5.91 Å². The van der Waals surface area contributed by atoms with Gasteiger partial charge in [0.1, 0.15) is 12.2 Å². The molecule has 0 N–H and O–H groups in total. The highest BCUT2D eigenvalue weighted by Gasteiger charge is 2.47. The van der Waals surface area contributed by atoms with Gasteiger partial charge in [0.15, 0.2) is 0 Å². The lowest BCUT2D eigenvalue weighted by Crippen LogP contribution is -2.57. The second kappa shape index (κ2) is 9.87. The summed E-state index contributed by atoms with van der Waals surface area (Å²) in [7, 11) is 0. The van der Waals surface area contributed by atoms with Gasteiger partial charge in [-0.2, -0.15) is 0 Å². The molecule has 4 rings (SSSR count). The molecular formula is C27H32N2O5. The molecule has 0 bridgehead atoms. The van der Waals surface area contributed by atoms with E-state index < -0.39 is 17.6 Å². The Kier molecular flexibility index (Phi) is 6.91. The lowest BCUT2D eigenvalue weighted by atomic mass is 9.80. The van der Waals surface area contributed by atoms with Gasteiger partial charge in [-0.3, -0.25) is 4.79 Å². The van der Waals surface area contributed by atoms with Crippen LogP contribution in [0.1, 0.15) is 31.9 Å². The number of rotatable bonds is 6. The molecule has 0 aliphatic carbocycles. The maximum atomic E-state index is 13.8. The number of hydrogen-bond donors (Lipinski definition) is 0. The molecule has 0 spiro atoms. The lowest BCUT2D eigenvalue weighted by molar-refractivity contribution is -0.137. The van der Waals surface area contributed by atoms with Crippen molar-refractivity contribution < 1.29 is 23.9 Å². The Morgan fingerprint density at radius 2 is 1.59 bits per heavy atom. The Balaban J connectivity index is 1.51. The van der Waals surface area contributed by atoms with Gasteiger partial charge in [-0.15, -0.1) is 0 Å². The first-order valence-corrected chi connectivity index (χ1v) is 11.8. The number of likely N-dealkylation sites (tertiary alicyclic amines) is 1. The number of carbonyl (C=O) groups excluding carboxylic acids is 3. The molecule has 7 heteroatoms. The predicted octanol–water partition coefficient (Wildman–Crippen LogP) is 4.30. The molecule has 2 aromatic carbocycles. The second-order valence-corrected chi connectivity index (χ2v) is 10.1. The molecule has 0 aromatic heterocycles. The minimum atomic E-state index is -0.590. The summed E-state index contributed by atoms with van der Waals surface area (Å²) in [6, 6.07) is 19.2. The van der Waals surface area contributed by atoms with E-state index in [-0.39, 0.29) is 30.6 Å². The van der Waals surface area contributed by atoms with E-state index in [4.69, 9.17) is 9.47 Å². The average Bonchev–Trinajstić information content (AvgIpc) is 3.11. The summed E-state index contributed by atoms with van der Waals surface area (Å²) in [4.78, 5) is 41.8. The highest BCUT2D eigenvalue weighted by Crippen LogP contribution is 2.32. The van der Waals surface area contributed by atoms with Crippen LogP contribution in [0.15, 0.2) is 60.7 Å². The minimum absolute atomic E-state index is 0.0639. The first-order chi connectivity index (χ1) is 16.2. The number of imide groups is 1. The van der Waals surface area contributed by atoms with Crippen LogP contribution in [0.3, 0.4) is 0 Å². The summed E-state index contributed by atoms with van der Waals surface area (Å²) in [5.74, 6) is -0.739. The van der Waals surface area contributed by atoms with Crippen molar-refractivity contribution in [1.82, 2.24) is 9.80 Å². The van der Waals surface area contributed by atoms with E-state index in [1.165, 1.54) is 4.90 Å². The third-order valence-electron chi connectivity index (χ3n) is 6.26. The molecule has 7 nitrogen and oxygen atoms in total. The molecule has 2 aliphatic rings. The van der Waals surface area contributed by atoms with E-state index in [0.717, 1.165) is 11.1 Å². The Morgan fingerprint density at radius 3 is 2.18 bits per heavy atom. The SMILES string of the molecule is CC(C)(C)OC(=O)N1CC([C@@H](Cc2ccccc2)C(=O)N2C(=O)OC[C@@H]2Cc2ccccc2)C1. The van der Waals surface area contributed by atoms with Gasteiger partial charge < -0.3 is 14.4 Å². The molecule has 2 fully saturated rings. The van der Waals surface area contributed by atoms with Crippen LogP contribution in [0.5, 0.6) is 0 Å². The lowest BCUT2D eigenvalue weighted by Gasteiger charge is -2.43. The number of nitrogens with zero attached hydrogens (tertiary/aromatic N) is 2. The zero-order valence-corrected chi connectivity index (χ0v) is 20.0. The number of cyclic esters (lactones) is 1. The van der Waals surface area contributed by atoms with Gasteiger partial charge in [0, 0.05) is 24.9 Å². The van der Waals surface area contributed by atoms with E-state index >= 15 is 0 Å². The molecule has 0 saturated carbocycles. The number of carbonyl (C=O) groups is 3. The van der Waals surface area contributed by atoms with Crippen LogP contribution in [0.4, 0.5) is 9.59 Å². The number of amides is 3. The van der Waals surface area contributed by atoms with Gasteiger partial charge in [0.25, 0.3) is 0 Å². The highest BCUT2D eigenvalue weighted by molar-refractivity contribution is 5.95. The maximum absolute atomic E-state index is 13.8. The molecular weight excluding hydrogens is 432 g/mol. The van der Waals surface area contributed by atoms with E-state index in [2.05, 4.69) is 0 Å². The standard InChI is InChI=1S/C27H32N2O5/c1-27(2,3)34-25(31)28-16-21(17-28)23(15-20-12-8-5-9-13-20)24(30)29-22(18-33-26(29)32)14-19-10-6-4-7-11-19/h4-13,21-23H,14-18H2,1-3H3/t22-,23+/m0/s1. The van der Waals surface area contributed by atoms with Gasteiger partial charge in [-0.25, -0.2) is 14.5 Å². The number of ether oxygens (including phenoxy) is 2. The first-order valence-electron chi connectivity index (χ1n) is 11.8. The summed E-state index contributed by atoms with van der Waals surface area (Å²) < 4.78 is 10.8. The Labute approximate surface area is 200 Å². The van der Waals surface area contributed by atoms with Gasteiger partial charge >= 0.3 is 12.2 Å². The summed E-state index contributed by atoms with van der Waals surface area (Å²) >= 11 is 0. The van der Waals surface area contributed by atoms with Crippen molar-refractivity contribution in [2.45, 2.75) is 45.3 Å². The fraction of sp³-hybridized carbons (Fsp3) is 0.444. The van der Waals surface area contributed by atoms with Crippen molar-refractivity contribution in [3.8, 4) is 0 Å². The Bertz CT molecular complexity index is 1010. The molecule has 3 amide bonds. The predicted molar refractivity (Wildman–Crippen MR) is 127 cm³/mol. The smallest absolute Gasteiger partial charge is 0.416 e. The van der Waals surface area contributed by atoms with E-state index in [0.29, 0.717) is 25.9 Å². The quantitative estimate of drug-likeness (QED) is 0.637. The van der Waals surface area contributed by atoms with E-state index in [9.17, 15) is 14.4 Å². The summed E-state index contributed by atoms with van der Waals surface area (Å²) in [6.07, 6.45) is 0.0730. The molecule has 2 saturated heterocycles. The van der Waals surface area contributed by atoms with Crippen LogP contribution in [-0.4, -0.2) is 59.2 Å². The van der Waals surface area contributed by atoms with Crippen molar-refractivity contribution in [2.24, 2.45) is 11.8 Å². The molecule has 2 aliphatic heterocycles. The van der Waals surface area contributed by atoms with Gasteiger partial charge in [-0.05, 0) is 44.7 Å². The molecule has 180 valence electrons. The Morgan fingerprint density at radius 1 is 1.00 bits per heavy atom. The molecule has 2 atom stereocenters. The second-order valence-electron chi connectivity index (χ2n) is 10.1. The van der Waals surface area contributed by atoms with Crippen molar-refractivity contribution >= 4 is 18.1 Å². The normalized spacial score (nSPS) is 19.4. The molecule has 0 unspecified atom stereocenters. The third-order valence-corrected chi connectivity index (χ3v) is 6.26. The van der Waals surface area contributed by atoms with Crippen molar-refractivity contribution in [1.29, 1.82) is 0 Å². The van der Waals surface area contributed by atoms with Crippen molar-refractivity contribution in [3.05, 3.63) is 71.8 Å². The molecule has 34 heavy (non-hydrogen) atoms. The van der Waals surface area contributed by atoms with Crippen molar-refractivity contribution in [2.75, 3.05) is 19.7 Å². The molecule has 0 radical (unpaired) electrons. The summed E-state index contributed by atoms with van der Waals surface area (Å²) in [6.45, 7) is 6.52. The van der Waals surface area contributed by atoms with Crippen LogP contribution in [-0.2, 0) is 27.1 Å². The van der Waals surface area contributed by atoms with E-state index in [1.54, 1.807) is 4.90 Å². The zero-order chi connectivity index (χ0) is 24.3. The highest BCUT2D eigenvalue weighted by atomic mass is 16.6. The van der Waals surface area contributed by atoms with Gasteiger partial charge in [0.05, 0.1) is 6.04 Å². The molecule has 2 aromatic rings. The number of benzene rings is 2. The van der Waals surface area contributed by atoms with Crippen molar-refractivity contribution in [3.63, 3.8) is 0 Å². The minimum Gasteiger partial charge on any atom is -0.447 e. The monoisotopic (exact) mass is 464 g/mol. The van der Waals surface area contributed by atoms with Crippen LogP contribution in [0, 0.1) is 11.8 Å². The number of hydrogen-bond acceptors (Lipinski definition) is 5. The topological polar surface area (TPSA) is 76.2 Å². The maximum Gasteiger partial charge on any atom is 0.416 e. The third kappa shape index (κ3) is 5.58. The van der Waals surface area contributed by atoms with Crippen LogP contribution in [0.25, 0.3) is 0 Å². The van der Waals surface area contributed by atoms with Gasteiger partial charge in [-0.1, -0.05) is 60.7 Å². The summed E-state index contributed by atoms with van der Waals surface area (Å²) in [5.41, 5.74) is 1.48. The fourth-order valence-electron chi connectivity index (χ4n) is 4.51. The van der Waals surface area contributed by atoms with E-state index in [1.807, 2.05) is 81.4 Å². The average molecular weight is 465 g/mol. The largest absolute Gasteiger partial charge is 0.447 e. The zero-order valence-electron chi connectivity index (χ0n) is 20.0. The first kappa shape index (κ1) is 23.8. The van der Waals surface area contributed by atoms with Crippen LogP contribution < -0.4 is 0 Å². The fourth-order valence-corrected chi connectivity index (χ4v) is 4.51. The molecule has 2 heterocycles. The Hall–Kier alpha value is -3.35. The summed E-state index contributed by atoms with van der Waals surface area (Å²) in [5, 5.41) is 0.